The van der Waals surface area contributed by atoms with E-state index in [0.29, 0.717) is 0 Å². The zero-order valence-corrected chi connectivity index (χ0v) is 16.0. The van der Waals surface area contributed by atoms with Gasteiger partial charge >= 0.3 is 0 Å². The average molecular weight is 311 g/mol. The lowest BCUT2D eigenvalue weighted by Crippen LogP contribution is -2.40. The summed E-state index contributed by atoms with van der Waals surface area (Å²) in [5.41, 5.74) is 0. The highest BCUT2D eigenvalue weighted by Crippen LogP contribution is 2.13. The highest BCUT2D eigenvalue weighted by molar-refractivity contribution is 4.64. The monoisotopic (exact) mass is 310 g/mol. The van der Waals surface area contributed by atoms with Crippen LogP contribution in [0.2, 0.25) is 0 Å². The topological polar surface area (TPSA) is 0 Å². The van der Waals surface area contributed by atoms with Crippen molar-refractivity contribution in [2.24, 2.45) is 0 Å². The third kappa shape index (κ3) is 16.1. The number of likely N-dealkylation sites (N-methyl/N-ethyl adjacent to an activating group) is 1. The highest BCUT2D eigenvalue weighted by atomic mass is 15.3. The van der Waals surface area contributed by atoms with Gasteiger partial charge in [-0.05, 0) is 18.9 Å². The van der Waals surface area contributed by atoms with E-state index in [4.69, 9.17) is 0 Å². The van der Waals surface area contributed by atoms with Crippen molar-refractivity contribution in [2.75, 3.05) is 27.2 Å². The van der Waals surface area contributed by atoms with E-state index in [1.54, 1.807) is 0 Å². The second-order valence-corrected chi connectivity index (χ2v) is 7.73. The van der Waals surface area contributed by atoms with Crippen molar-refractivity contribution in [3.05, 3.63) is 12.7 Å². The summed E-state index contributed by atoms with van der Waals surface area (Å²) in [6, 6.07) is 0. The van der Waals surface area contributed by atoms with Gasteiger partial charge in [-0.1, -0.05) is 90.6 Å². The Morgan fingerprint density at radius 1 is 0.636 bits per heavy atom. The zero-order valence-electron chi connectivity index (χ0n) is 16.0. The van der Waals surface area contributed by atoms with Crippen LogP contribution in [0.25, 0.3) is 0 Å². The van der Waals surface area contributed by atoms with Crippen molar-refractivity contribution in [1.82, 2.24) is 0 Å². The van der Waals surface area contributed by atoms with Gasteiger partial charge < -0.3 is 4.48 Å². The van der Waals surface area contributed by atoms with Crippen molar-refractivity contribution in [3.63, 3.8) is 0 Å². The Bertz CT molecular complexity index is 232. The lowest BCUT2D eigenvalue weighted by atomic mass is 10.0. The summed E-state index contributed by atoms with van der Waals surface area (Å²) >= 11 is 0. The van der Waals surface area contributed by atoms with Gasteiger partial charge in [0.05, 0.1) is 27.2 Å². The van der Waals surface area contributed by atoms with Crippen LogP contribution in [-0.4, -0.2) is 31.7 Å². The third-order valence-electron chi connectivity index (χ3n) is 4.74. The predicted molar refractivity (Wildman–Crippen MR) is 102 cm³/mol. The van der Waals surface area contributed by atoms with E-state index in [-0.39, 0.29) is 0 Å². The molecule has 0 heterocycles. The molecular formula is C21H44N+. The van der Waals surface area contributed by atoms with E-state index in [1.165, 1.54) is 96.4 Å². The van der Waals surface area contributed by atoms with Crippen LogP contribution in [0.1, 0.15) is 96.8 Å². The van der Waals surface area contributed by atoms with Crippen LogP contribution in [0.5, 0.6) is 0 Å². The smallest absolute Gasteiger partial charge is 0.0966 e. The SMILES string of the molecule is C=CC[N+](C)(C)CCCCCCCCCCCCCCCC. The minimum absolute atomic E-state index is 1.10. The van der Waals surface area contributed by atoms with Crippen LogP contribution in [0, 0.1) is 0 Å². The van der Waals surface area contributed by atoms with Crippen molar-refractivity contribution >= 4 is 0 Å². The Labute approximate surface area is 141 Å². The van der Waals surface area contributed by atoms with Crippen molar-refractivity contribution in [3.8, 4) is 0 Å². The summed E-state index contributed by atoms with van der Waals surface area (Å²) in [6.45, 7) is 8.53. The van der Waals surface area contributed by atoms with Crippen LogP contribution in [0.15, 0.2) is 12.7 Å². The second-order valence-electron chi connectivity index (χ2n) is 7.73. The standard InChI is InChI=1S/C21H44N/c1-5-7-8-9-10-11-12-13-14-15-16-17-18-19-21-22(3,4)20-6-2/h6H,2,5,7-21H2,1,3-4H3/q+1. The molecule has 0 aliphatic rings. The summed E-state index contributed by atoms with van der Waals surface area (Å²) in [7, 11) is 4.62. The summed E-state index contributed by atoms with van der Waals surface area (Å²) in [5.74, 6) is 0. The summed E-state index contributed by atoms with van der Waals surface area (Å²) in [5, 5.41) is 0. The lowest BCUT2D eigenvalue weighted by molar-refractivity contribution is -0.884. The van der Waals surface area contributed by atoms with Crippen LogP contribution in [0.3, 0.4) is 0 Å². The molecule has 0 aromatic rings. The number of hydrogen-bond donors (Lipinski definition) is 0. The molecule has 0 bridgehead atoms. The van der Waals surface area contributed by atoms with Gasteiger partial charge in [0.1, 0.15) is 0 Å². The van der Waals surface area contributed by atoms with Gasteiger partial charge in [0.25, 0.3) is 0 Å². The Balaban J connectivity index is 3.13. The summed E-state index contributed by atoms with van der Waals surface area (Å²) in [4.78, 5) is 0. The molecule has 0 N–H and O–H groups in total. The van der Waals surface area contributed by atoms with Crippen molar-refractivity contribution in [2.45, 2.75) is 96.8 Å². The van der Waals surface area contributed by atoms with Gasteiger partial charge in [0, 0.05) is 0 Å². The maximum atomic E-state index is 3.85. The average Bonchev–Trinajstić information content (AvgIpc) is 2.47. The van der Waals surface area contributed by atoms with Crippen molar-refractivity contribution in [1.29, 1.82) is 0 Å². The van der Waals surface area contributed by atoms with Gasteiger partial charge in [0.15, 0.2) is 0 Å². The highest BCUT2D eigenvalue weighted by Gasteiger charge is 2.10. The second kappa shape index (κ2) is 15.6. The van der Waals surface area contributed by atoms with E-state index in [0.717, 1.165) is 11.0 Å². The molecular weight excluding hydrogens is 266 g/mol. The first-order valence-electron chi connectivity index (χ1n) is 10.1. The maximum Gasteiger partial charge on any atom is 0.0966 e. The largest absolute Gasteiger partial charge is 0.325 e. The third-order valence-corrected chi connectivity index (χ3v) is 4.74. The van der Waals surface area contributed by atoms with Gasteiger partial charge in [-0.25, -0.2) is 0 Å². The summed E-state index contributed by atoms with van der Waals surface area (Å²) in [6.07, 6.45) is 22.2. The molecule has 1 heteroatoms. The molecule has 0 saturated heterocycles. The van der Waals surface area contributed by atoms with Gasteiger partial charge in [-0.3, -0.25) is 0 Å². The fraction of sp³-hybridized carbons (Fsp3) is 0.905. The molecule has 132 valence electrons. The predicted octanol–water partition coefficient (Wildman–Crippen LogP) is 6.73. The van der Waals surface area contributed by atoms with E-state index in [2.05, 4.69) is 27.6 Å². The fourth-order valence-corrected chi connectivity index (χ4v) is 3.18. The molecule has 0 spiro atoms. The minimum Gasteiger partial charge on any atom is -0.325 e. The molecule has 0 atom stereocenters. The number of unbranched alkanes of at least 4 members (excludes halogenated alkanes) is 13. The first-order valence-corrected chi connectivity index (χ1v) is 10.1. The molecule has 0 fully saturated rings. The Hall–Kier alpha value is -0.300. The molecule has 0 saturated carbocycles. The molecule has 0 aliphatic carbocycles. The Kier molecular flexibility index (Phi) is 15.4. The molecule has 0 rings (SSSR count). The van der Waals surface area contributed by atoms with Crippen LogP contribution >= 0.6 is 0 Å². The molecule has 0 aromatic heterocycles. The van der Waals surface area contributed by atoms with E-state index in [9.17, 15) is 0 Å². The first-order chi connectivity index (χ1) is 10.6. The van der Waals surface area contributed by atoms with Crippen LogP contribution < -0.4 is 0 Å². The van der Waals surface area contributed by atoms with E-state index >= 15 is 0 Å². The lowest BCUT2D eigenvalue weighted by Gasteiger charge is -2.28. The van der Waals surface area contributed by atoms with Crippen LogP contribution in [0.4, 0.5) is 0 Å². The van der Waals surface area contributed by atoms with Gasteiger partial charge in [0.2, 0.25) is 0 Å². The number of quaternary nitrogens is 1. The van der Waals surface area contributed by atoms with Gasteiger partial charge in [-0.2, -0.15) is 0 Å². The minimum atomic E-state index is 1.10. The number of hydrogen-bond acceptors (Lipinski definition) is 0. The fourth-order valence-electron chi connectivity index (χ4n) is 3.18. The molecule has 1 nitrogen and oxygen atoms in total. The van der Waals surface area contributed by atoms with Gasteiger partial charge in [-0.15, -0.1) is 0 Å². The molecule has 0 aliphatic heterocycles. The molecule has 0 unspecified atom stereocenters. The first kappa shape index (κ1) is 21.7. The van der Waals surface area contributed by atoms with E-state index < -0.39 is 0 Å². The molecule has 0 radical (unpaired) electrons. The quantitative estimate of drug-likeness (QED) is 0.159. The number of rotatable bonds is 17. The molecule has 0 aromatic carbocycles. The molecule has 0 amide bonds. The number of nitrogens with zero attached hydrogens (tertiary/aromatic N) is 1. The van der Waals surface area contributed by atoms with Crippen molar-refractivity contribution < 1.29 is 4.48 Å². The Morgan fingerprint density at radius 2 is 1.00 bits per heavy atom. The van der Waals surface area contributed by atoms with E-state index in [1.807, 2.05) is 6.08 Å². The normalized spacial score (nSPS) is 11.8. The molecule has 22 heavy (non-hydrogen) atoms. The summed E-state index contributed by atoms with van der Waals surface area (Å²) < 4.78 is 1.10. The zero-order chi connectivity index (χ0) is 16.5. The maximum absolute atomic E-state index is 3.85. The van der Waals surface area contributed by atoms with Crippen LogP contribution in [-0.2, 0) is 0 Å². The Morgan fingerprint density at radius 3 is 1.36 bits per heavy atom.